The Kier molecular flexibility index (Phi) is 10.3. The lowest BCUT2D eigenvalue weighted by molar-refractivity contribution is 0.0962. The number of ether oxygens (including phenoxy) is 3. The average molecular weight is 567 g/mol. The highest BCUT2D eigenvalue weighted by Crippen LogP contribution is 2.40. The molecule has 0 unspecified atom stereocenters. The van der Waals surface area contributed by atoms with Crippen molar-refractivity contribution in [1.29, 1.82) is 5.41 Å². The number of halogens is 2. The number of ketones is 1. The molecule has 0 bridgehead atoms. The molecule has 0 fully saturated rings. The summed E-state index contributed by atoms with van der Waals surface area (Å²) in [5.74, 6) is 0.829. The maximum absolute atomic E-state index is 14.7. The Hall–Kier alpha value is -2.65. The number of carbonyl (C=O) groups is 1. The van der Waals surface area contributed by atoms with E-state index in [1.807, 2.05) is 33.8 Å². The van der Waals surface area contributed by atoms with Crippen LogP contribution in [0.2, 0.25) is 0 Å². The smallest absolute Gasteiger partial charge is 0.182 e. The van der Waals surface area contributed by atoms with Crippen molar-refractivity contribution in [2.24, 2.45) is 5.73 Å². The number of fused-ring (bicyclic) bond motifs is 1. The maximum atomic E-state index is 14.7. The van der Waals surface area contributed by atoms with E-state index < -0.39 is 5.82 Å². The quantitative estimate of drug-likeness (QED) is 0.285. The Morgan fingerprint density at radius 2 is 1.89 bits per heavy atom. The minimum absolute atomic E-state index is 0. The van der Waals surface area contributed by atoms with Crippen molar-refractivity contribution in [3.05, 3.63) is 52.3 Å². The van der Waals surface area contributed by atoms with Crippen molar-refractivity contribution < 1.29 is 23.4 Å². The molecule has 0 saturated heterocycles. The van der Waals surface area contributed by atoms with Crippen molar-refractivity contribution in [3.63, 3.8) is 0 Å². The van der Waals surface area contributed by atoms with Crippen molar-refractivity contribution >= 4 is 28.6 Å². The predicted octanol–water partition coefficient (Wildman–Crippen LogP) is 5.25. The molecule has 0 radical (unpaired) electrons. The summed E-state index contributed by atoms with van der Waals surface area (Å²) in [4.78, 5) is 15.0. The summed E-state index contributed by atoms with van der Waals surface area (Å²) in [5.41, 5.74) is 7.46. The molecule has 0 atom stereocenters. The maximum Gasteiger partial charge on any atom is 0.182 e. The highest BCUT2D eigenvalue weighted by molar-refractivity contribution is 8.93. The molecule has 3 rings (SSSR count). The van der Waals surface area contributed by atoms with Crippen molar-refractivity contribution in [1.82, 2.24) is 4.90 Å². The van der Waals surface area contributed by atoms with Crippen LogP contribution < -0.4 is 19.9 Å². The highest BCUT2D eigenvalue weighted by atomic mass is 79.9. The molecule has 7 nitrogen and oxygen atoms in total. The largest absolute Gasteiger partial charge is 0.494 e. The first-order valence-electron chi connectivity index (χ1n) is 12.0. The lowest BCUT2D eigenvalue weighted by Gasteiger charge is -2.25. The van der Waals surface area contributed by atoms with Crippen LogP contribution in [0, 0.1) is 11.2 Å². The Bertz CT molecular complexity index is 1100. The molecule has 2 aromatic carbocycles. The van der Waals surface area contributed by atoms with Crippen LogP contribution in [0.5, 0.6) is 17.2 Å². The number of nitrogens with one attached hydrogen (secondary N) is 1. The van der Waals surface area contributed by atoms with Crippen LogP contribution in [0.1, 0.15) is 67.6 Å². The van der Waals surface area contributed by atoms with E-state index in [0.29, 0.717) is 48.1 Å². The Morgan fingerprint density at radius 3 is 2.50 bits per heavy atom. The average Bonchev–Trinajstić information content (AvgIpc) is 3.11. The van der Waals surface area contributed by atoms with Crippen LogP contribution in [0.3, 0.4) is 0 Å². The second-order valence-corrected chi connectivity index (χ2v) is 9.65. The number of hydrogen-bond acceptors (Lipinski definition) is 6. The topological polar surface area (TPSA) is 97.9 Å². The predicted molar refractivity (Wildman–Crippen MR) is 145 cm³/mol. The minimum atomic E-state index is -0.515. The van der Waals surface area contributed by atoms with E-state index in [1.54, 1.807) is 24.1 Å². The van der Waals surface area contributed by atoms with Gasteiger partial charge in [-0.3, -0.25) is 10.2 Å². The van der Waals surface area contributed by atoms with E-state index in [2.05, 4.69) is 0 Å². The molecule has 0 saturated carbocycles. The van der Waals surface area contributed by atoms with Gasteiger partial charge in [-0.25, -0.2) is 4.39 Å². The fourth-order valence-corrected chi connectivity index (χ4v) is 4.18. The van der Waals surface area contributed by atoms with Gasteiger partial charge in [0, 0.05) is 23.7 Å². The van der Waals surface area contributed by atoms with E-state index in [-0.39, 0.29) is 52.7 Å². The van der Waals surface area contributed by atoms with Crippen molar-refractivity contribution in [2.75, 3.05) is 33.4 Å². The molecule has 0 aliphatic carbocycles. The van der Waals surface area contributed by atoms with E-state index >= 15 is 0 Å². The zero-order valence-corrected chi connectivity index (χ0v) is 23.4. The third kappa shape index (κ3) is 6.56. The molecule has 198 valence electrons. The molecular weight excluding hydrogens is 529 g/mol. The molecule has 36 heavy (non-hydrogen) atoms. The van der Waals surface area contributed by atoms with Gasteiger partial charge in [-0.1, -0.05) is 20.8 Å². The molecule has 1 heterocycles. The van der Waals surface area contributed by atoms with Gasteiger partial charge in [-0.2, -0.15) is 0 Å². The van der Waals surface area contributed by atoms with E-state index in [1.165, 1.54) is 6.07 Å². The Balaban J connectivity index is 0.00000456. The Labute approximate surface area is 223 Å². The number of hydrogen-bond donors (Lipinski definition) is 2. The SMILES string of the molecule is Br.CCOc1cc(F)c2c(c1)CN(CC(=O)c1cc(OCCCCN)c(OC)c(C(C)(C)C)c1)C2=N. The normalized spacial score (nSPS) is 12.8. The van der Waals surface area contributed by atoms with Gasteiger partial charge in [-0.15, -0.1) is 17.0 Å². The van der Waals surface area contributed by atoms with E-state index in [9.17, 15) is 9.18 Å². The summed E-state index contributed by atoms with van der Waals surface area (Å²) in [5, 5.41) is 8.47. The molecule has 2 aromatic rings. The van der Waals surface area contributed by atoms with Gasteiger partial charge in [0.15, 0.2) is 17.3 Å². The third-order valence-electron chi connectivity index (χ3n) is 5.95. The van der Waals surface area contributed by atoms with E-state index in [0.717, 1.165) is 18.4 Å². The van der Waals surface area contributed by atoms with Gasteiger partial charge >= 0.3 is 0 Å². The van der Waals surface area contributed by atoms with Gasteiger partial charge in [0.1, 0.15) is 17.4 Å². The zero-order valence-electron chi connectivity index (χ0n) is 21.7. The van der Waals surface area contributed by atoms with Gasteiger partial charge in [0.05, 0.1) is 32.4 Å². The summed E-state index contributed by atoms with van der Waals surface area (Å²) >= 11 is 0. The number of amidine groups is 1. The monoisotopic (exact) mass is 565 g/mol. The molecule has 1 aliphatic heterocycles. The zero-order chi connectivity index (χ0) is 25.8. The number of rotatable bonds is 11. The van der Waals surface area contributed by atoms with Crippen LogP contribution in [0.25, 0.3) is 0 Å². The number of carbonyl (C=O) groups excluding carboxylic acids is 1. The summed E-state index contributed by atoms with van der Waals surface area (Å²) in [6.45, 7) is 9.64. The van der Waals surface area contributed by atoms with Crippen LogP contribution in [-0.2, 0) is 12.0 Å². The number of nitrogens with two attached hydrogens (primary N) is 1. The number of unbranched alkanes of at least 4 members (excludes halogenated alkanes) is 1. The molecule has 0 spiro atoms. The van der Waals surface area contributed by atoms with Crippen molar-refractivity contribution in [2.45, 2.75) is 52.5 Å². The van der Waals surface area contributed by atoms with Gasteiger partial charge in [-0.05, 0) is 55.5 Å². The molecule has 3 N–H and O–H groups in total. The summed E-state index contributed by atoms with van der Waals surface area (Å²) in [7, 11) is 1.59. The van der Waals surface area contributed by atoms with Crippen LogP contribution in [-0.4, -0.2) is 49.9 Å². The fraction of sp³-hybridized carbons (Fsp3) is 0.481. The van der Waals surface area contributed by atoms with Crippen molar-refractivity contribution in [3.8, 4) is 17.2 Å². The molecule has 1 aliphatic rings. The van der Waals surface area contributed by atoms with Gasteiger partial charge in [0.25, 0.3) is 0 Å². The lowest BCUT2D eigenvalue weighted by atomic mass is 9.84. The molecular formula is C27H37BrFN3O4. The second-order valence-electron chi connectivity index (χ2n) is 9.65. The highest BCUT2D eigenvalue weighted by Gasteiger charge is 2.31. The first-order valence-corrected chi connectivity index (χ1v) is 12.0. The van der Waals surface area contributed by atoms with Gasteiger partial charge < -0.3 is 24.8 Å². The third-order valence-corrected chi connectivity index (χ3v) is 5.95. The molecule has 0 amide bonds. The summed E-state index contributed by atoms with van der Waals surface area (Å²) in [6.07, 6.45) is 1.63. The van der Waals surface area contributed by atoms with Crippen LogP contribution in [0.15, 0.2) is 24.3 Å². The van der Waals surface area contributed by atoms with Crippen LogP contribution in [0.4, 0.5) is 4.39 Å². The Morgan fingerprint density at radius 1 is 1.17 bits per heavy atom. The van der Waals surface area contributed by atoms with Gasteiger partial charge in [0.2, 0.25) is 0 Å². The first-order chi connectivity index (χ1) is 16.6. The second kappa shape index (κ2) is 12.5. The number of nitrogens with zero attached hydrogens (tertiary/aromatic N) is 1. The number of methoxy groups -OCH3 is 1. The standard InChI is InChI=1S/C27H36FN3O4.BrH/c1-6-34-19-11-18-15-31(26(30)24(18)21(28)14-19)16-22(32)17-12-20(27(2,3)4)25(33-5)23(13-17)35-10-8-7-9-29;/h11-14,30H,6-10,15-16,29H2,1-5H3;1H. The van der Waals surface area contributed by atoms with Crippen LogP contribution >= 0.6 is 17.0 Å². The number of benzene rings is 2. The fourth-order valence-electron chi connectivity index (χ4n) is 4.18. The first kappa shape index (κ1) is 29.6. The molecule has 0 aromatic heterocycles. The minimum Gasteiger partial charge on any atom is -0.494 e. The molecule has 9 heteroatoms. The number of Topliss-reactive ketones (excluding diaryl/α,β-unsaturated/α-hetero) is 1. The lowest BCUT2D eigenvalue weighted by Crippen LogP contribution is -2.30. The summed E-state index contributed by atoms with van der Waals surface area (Å²) < 4.78 is 31.8. The summed E-state index contributed by atoms with van der Waals surface area (Å²) in [6, 6.07) is 6.54. The van der Waals surface area contributed by atoms with E-state index in [4.69, 9.17) is 25.4 Å².